The molecule has 4 rings (SSSR count). The summed E-state index contributed by atoms with van der Waals surface area (Å²) in [6, 6.07) is 0. The molecular weight excluding hydrogens is 348 g/mol. The van der Waals surface area contributed by atoms with Gasteiger partial charge in [0.05, 0.1) is 0 Å². The van der Waals surface area contributed by atoms with Crippen LogP contribution in [0.25, 0.3) is 0 Å². The molecule has 172 valence electrons. The lowest BCUT2D eigenvalue weighted by atomic mass is 9.73. The van der Waals surface area contributed by atoms with Gasteiger partial charge in [0.15, 0.2) is 0 Å². The third-order valence-electron chi connectivity index (χ3n) is 10.3. The van der Waals surface area contributed by atoms with Gasteiger partial charge in [-0.25, -0.2) is 0 Å². The van der Waals surface area contributed by atoms with E-state index in [1.807, 2.05) is 27.7 Å². The number of rotatable bonds is 4. The van der Waals surface area contributed by atoms with Crippen LogP contribution in [0.4, 0.5) is 0 Å². The smallest absolute Gasteiger partial charge is 0.0352 e. The summed E-state index contributed by atoms with van der Waals surface area (Å²) in [4.78, 5) is 0. The maximum atomic E-state index is 2.60. The molecule has 0 aromatic heterocycles. The summed E-state index contributed by atoms with van der Waals surface area (Å²) in [5.74, 6) is 10.5. The van der Waals surface area contributed by atoms with E-state index in [1.54, 1.807) is 38.5 Å². The first-order chi connectivity index (χ1) is 14.1. The Hall–Kier alpha value is 0. The highest BCUT2D eigenvalue weighted by atomic mass is 14.5. The van der Waals surface area contributed by atoms with Crippen molar-refractivity contribution in [3.8, 4) is 0 Å². The first kappa shape index (κ1) is 25.3. The van der Waals surface area contributed by atoms with Crippen molar-refractivity contribution in [2.75, 3.05) is 0 Å². The standard InChI is InChI=1S/C25H44.2C2H6/c1-16-18(3)22(24-12-7-5-10-20(16)24)14-9-15-23-19(4)17(2)21-11-6-8-13-25(21)23;2*1-2/h16-25H,5-15H2,1-4H3;2*1-2H3. The van der Waals surface area contributed by atoms with Crippen molar-refractivity contribution in [2.45, 2.75) is 126 Å². The molecule has 4 aliphatic carbocycles. The Balaban J connectivity index is 0.000000707. The quantitative estimate of drug-likeness (QED) is 0.437. The van der Waals surface area contributed by atoms with Crippen molar-refractivity contribution in [3.63, 3.8) is 0 Å². The van der Waals surface area contributed by atoms with Crippen LogP contribution in [0.1, 0.15) is 126 Å². The Morgan fingerprint density at radius 3 is 1.10 bits per heavy atom. The van der Waals surface area contributed by atoms with Crippen LogP contribution < -0.4 is 0 Å². The molecule has 29 heavy (non-hydrogen) atoms. The van der Waals surface area contributed by atoms with Crippen molar-refractivity contribution >= 4 is 0 Å². The van der Waals surface area contributed by atoms with E-state index >= 15 is 0 Å². The lowest BCUT2D eigenvalue weighted by Crippen LogP contribution is -2.22. The average molecular weight is 405 g/mol. The summed E-state index contributed by atoms with van der Waals surface area (Å²) in [7, 11) is 0. The van der Waals surface area contributed by atoms with Gasteiger partial charge in [-0.1, -0.05) is 87.5 Å². The minimum absolute atomic E-state index is 0.996. The normalized spacial score (nSPS) is 45.9. The number of hydrogen-bond donors (Lipinski definition) is 0. The van der Waals surface area contributed by atoms with Crippen LogP contribution in [0.2, 0.25) is 0 Å². The molecule has 4 fully saturated rings. The molecule has 0 saturated heterocycles. The van der Waals surface area contributed by atoms with Gasteiger partial charge >= 0.3 is 0 Å². The fraction of sp³-hybridized carbons (Fsp3) is 1.00. The first-order valence-corrected chi connectivity index (χ1v) is 14.1. The summed E-state index contributed by atoms with van der Waals surface area (Å²) < 4.78 is 0. The van der Waals surface area contributed by atoms with Gasteiger partial charge in [-0.05, 0) is 97.7 Å². The zero-order valence-corrected chi connectivity index (χ0v) is 21.6. The molecule has 0 heterocycles. The van der Waals surface area contributed by atoms with Crippen molar-refractivity contribution < 1.29 is 0 Å². The van der Waals surface area contributed by atoms with Crippen molar-refractivity contribution in [1.29, 1.82) is 0 Å². The second-order valence-electron chi connectivity index (χ2n) is 10.9. The molecular formula is C29H56. The summed E-state index contributed by atoms with van der Waals surface area (Å²) in [5, 5.41) is 0. The van der Waals surface area contributed by atoms with E-state index in [9.17, 15) is 0 Å². The van der Waals surface area contributed by atoms with E-state index in [4.69, 9.17) is 0 Å². The van der Waals surface area contributed by atoms with Crippen LogP contribution in [0.5, 0.6) is 0 Å². The Labute approximate surface area is 185 Å². The maximum absolute atomic E-state index is 2.60. The molecule has 10 unspecified atom stereocenters. The molecule has 0 spiro atoms. The van der Waals surface area contributed by atoms with Crippen LogP contribution in [0.3, 0.4) is 0 Å². The molecule has 0 radical (unpaired) electrons. The molecule has 0 aromatic carbocycles. The van der Waals surface area contributed by atoms with E-state index in [2.05, 4.69) is 27.7 Å². The summed E-state index contributed by atoms with van der Waals surface area (Å²) >= 11 is 0. The monoisotopic (exact) mass is 404 g/mol. The molecule has 4 aliphatic rings. The van der Waals surface area contributed by atoms with Gasteiger partial charge in [-0.3, -0.25) is 0 Å². The van der Waals surface area contributed by atoms with E-state index in [1.165, 1.54) is 32.1 Å². The molecule has 0 amide bonds. The van der Waals surface area contributed by atoms with Crippen molar-refractivity contribution in [2.24, 2.45) is 59.2 Å². The first-order valence-electron chi connectivity index (χ1n) is 14.1. The maximum Gasteiger partial charge on any atom is -0.0352 e. The van der Waals surface area contributed by atoms with Crippen LogP contribution in [-0.2, 0) is 0 Å². The highest BCUT2D eigenvalue weighted by molar-refractivity contribution is 4.97. The summed E-state index contributed by atoms with van der Waals surface area (Å²) in [6.45, 7) is 18.4. The lowest BCUT2D eigenvalue weighted by molar-refractivity contribution is 0.181. The Bertz CT molecular complexity index is 399. The third-order valence-corrected chi connectivity index (χ3v) is 10.3. The predicted molar refractivity (Wildman–Crippen MR) is 131 cm³/mol. The third kappa shape index (κ3) is 5.26. The molecule has 0 heteroatoms. The van der Waals surface area contributed by atoms with Gasteiger partial charge in [0.1, 0.15) is 0 Å². The van der Waals surface area contributed by atoms with Crippen LogP contribution in [0, 0.1) is 59.2 Å². The molecule has 0 nitrogen and oxygen atoms in total. The fourth-order valence-electron chi connectivity index (χ4n) is 8.63. The molecule has 0 bridgehead atoms. The highest BCUT2D eigenvalue weighted by Gasteiger charge is 2.48. The van der Waals surface area contributed by atoms with E-state index in [0.29, 0.717) is 0 Å². The van der Waals surface area contributed by atoms with Gasteiger partial charge in [-0.15, -0.1) is 0 Å². The van der Waals surface area contributed by atoms with E-state index in [-0.39, 0.29) is 0 Å². The topological polar surface area (TPSA) is 0 Å². The van der Waals surface area contributed by atoms with Gasteiger partial charge in [0, 0.05) is 0 Å². The summed E-state index contributed by atoms with van der Waals surface area (Å²) in [6.07, 6.45) is 17.0. The van der Waals surface area contributed by atoms with Gasteiger partial charge in [0.2, 0.25) is 0 Å². The summed E-state index contributed by atoms with van der Waals surface area (Å²) in [5.41, 5.74) is 0. The lowest BCUT2D eigenvalue weighted by Gasteiger charge is -2.32. The van der Waals surface area contributed by atoms with Gasteiger partial charge < -0.3 is 0 Å². The number of fused-ring (bicyclic) bond motifs is 2. The second kappa shape index (κ2) is 12.1. The minimum Gasteiger partial charge on any atom is -0.0683 e. The Kier molecular flexibility index (Phi) is 10.6. The molecule has 0 aromatic rings. The SMILES string of the molecule is CC.CC.CC1C(C)C(CCCC2C(C)C(C)C3CCCCC32)C2CCCCC12. The van der Waals surface area contributed by atoms with Gasteiger partial charge in [0.25, 0.3) is 0 Å². The minimum atomic E-state index is 0.996. The average Bonchev–Trinajstić information content (AvgIpc) is 3.17. The fourth-order valence-corrected chi connectivity index (χ4v) is 8.63. The van der Waals surface area contributed by atoms with Crippen molar-refractivity contribution in [1.82, 2.24) is 0 Å². The highest BCUT2D eigenvalue weighted by Crippen LogP contribution is 2.56. The number of hydrogen-bond acceptors (Lipinski definition) is 0. The second-order valence-corrected chi connectivity index (χ2v) is 10.9. The Morgan fingerprint density at radius 2 is 0.759 bits per heavy atom. The van der Waals surface area contributed by atoms with Crippen LogP contribution >= 0.6 is 0 Å². The molecule has 0 aliphatic heterocycles. The zero-order chi connectivity index (χ0) is 21.6. The van der Waals surface area contributed by atoms with E-state index in [0.717, 1.165) is 59.2 Å². The van der Waals surface area contributed by atoms with E-state index < -0.39 is 0 Å². The zero-order valence-electron chi connectivity index (χ0n) is 21.6. The van der Waals surface area contributed by atoms with Crippen LogP contribution in [-0.4, -0.2) is 0 Å². The predicted octanol–water partition coefficient (Wildman–Crippen LogP) is 9.63. The van der Waals surface area contributed by atoms with Crippen LogP contribution in [0.15, 0.2) is 0 Å². The Morgan fingerprint density at radius 1 is 0.448 bits per heavy atom. The van der Waals surface area contributed by atoms with Gasteiger partial charge in [-0.2, -0.15) is 0 Å². The largest absolute Gasteiger partial charge is 0.0683 e. The molecule has 4 saturated carbocycles. The molecule has 10 atom stereocenters. The van der Waals surface area contributed by atoms with Crippen molar-refractivity contribution in [3.05, 3.63) is 0 Å². The molecule has 0 N–H and O–H groups in total.